The molecule has 1 unspecified atom stereocenters. The predicted octanol–water partition coefficient (Wildman–Crippen LogP) is 1.09. The molecule has 1 saturated heterocycles. The van der Waals surface area contributed by atoms with Gasteiger partial charge < -0.3 is 48.9 Å². The smallest absolute Gasteiger partial charge is 0.229 e. The highest BCUT2D eigenvalue weighted by molar-refractivity contribution is 5.86. The Morgan fingerprint density at radius 1 is 0.882 bits per heavy atom. The van der Waals surface area contributed by atoms with Crippen molar-refractivity contribution in [2.45, 2.75) is 37.6 Å². The zero-order valence-electron chi connectivity index (χ0n) is 18.5. The van der Waals surface area contributed by atoms with Gasteiger partial charge in [0.1, 0.15) is 46.5 Å². The van der Waals surface area contributed by atoms with Crippen molar-refractivity contribution in [1.82, 2.24) is 0 Å². The Hall–Kier alpha value is -3.51. The molecule has 0 spiro atoms. The quantitative estimate of drug-likeness (QED) is 0.357. The average molecular weight is 476 g/mol. The van der Waals surface area contributed by atoms with Gasteiger partial charge in [-0.05, 0) is 19.1 Å². The number of ether oxygens (including phenoxy) is 4. The zero-order chi connectivity index (χ0) is 24.7. The van der Waals surface area contributed by atoms with Crippen molar-refractivity contribution in [2.75, 3.05) is 14.2 Å². The second-order valence-corrected chi connectivity index (χ2v) is 7.82. The average Bonchev–Trinajstić information content (AvgIpc) is 2.80. The van der Waals surface area contributed by atoms with Crippen LogP contribution in [0.5, 0.6) is 28.7 Å². The third kappa shape index (κ3) is 4.10. The van der Waals surface area contributed by atoms with E-state index in [4.69, 9.17) is 23.4 Å². The van der Waals surface area contributed by atoms with Crippen molar-refractivity contribution >= 4 is 11.0 Å². The molecule has 5 N–H and O–H groups in total. The molecule has 3 aromatic rings. The van der Waals surface area contributed by atoms with Crippen LogP contribution in [-0.2, 0) is 4.74 Å². The van der Waals surface area contributed by atoms with E-state index in [-0.39, 0.29) is 39.7 Å². The fourth-order valence-electron chi connectivity index (χ4n) is 3.73. The van der Waals surface area contributed by atoms with Crippen molar-refractivity contribution in [2.24, 2.45) is 0 Å². The third-order valence-electron chi connectivity index (χ3n) is 5.61. The number of phenolic OH excluding ortho intramolecular Hbond substituents is 2. The minimum atomic E-state index is -1.57. The number of methoxy groups -OCH3 is 2. The van der Waals surface area contributed by atoms with E-state index in [1.54, 1.807) is 0 Å². The van der Waals surface area contributed by atoms with Gasteiger partial charge in [-0.25, -0.2) is 0 Å². The summed E-state index contributed by atoms with van der Waals surface area (Å²) in [5.74, 6) is -0.409. The standard InChI is InChI=1S/C23H24O11/c1-9-19(26)21(28)22(29)23(32-9)33-11-6-12(24)18-13(25)8-14(34-15(18)7-11)10-4-16(30-2)20(27)17(5-10)31-3/h4-9,19,21-24,26-29H,1-3H3/t9-,19-,21+,22-,23?/m1/s1. The largest absolute Gasteiger partial charge is 0.507 e. The Balaban J connectivity index is 1.76. The molecule has 0 bridgehead atoms. The second kappa shape index (κ2) is 9.03. The molecule has 2 heterocycles. The van der Waals surface area contributed by atoms with Crippen LogP contribution in [0.1, 0.15) is 6.92 Å². The highest BCUT2D eigenvalue weighted by Gasteiger charge is 2.43. The van der Waals surface area contributed by atoms with E-state index in [1.165, 1.54) is 45.4 Å². The van der Waals surface area contributed by atoms with Gasteiger partial charge in [0.15, 0.2) is 16.9 Å². The number of aromatic hydroxyl groups is 2. The van der Waals surface area contributed by atoms with Crippen LogP contribution in [0.4, 0.5) is 0 Å². The highest BCUT2D eigenvalue weighted by Crippen LogP contribution is 2.41. The monoisotopic (exact) mass is 476 g/mol. The first kappa shape index (κ1) is 23.6. The van der Waals surface area contributed by atoms with Crippen molar-refractivity contribution in [3.8, 4) is 40.1 Å². The van der Waals surface area contributed by atoms with Crippen molar-refractivity contribution in [3.63, 3.8) is 0 Å². The van der Waals surface area contributed by atoms with E-state index in [0.29, 0.717) is 5.56 Å². The lowest BCUT2D eigenvalue weighted by Crippen LogP contribution is -2.58. The molecule has 5 atom stereocenters. The lowest BCUT2D eigenvalue weighted by Gasteiger charge is -2.38. The van der Waals surface area contributed by atoms with Gasteiger partial charge in [0.05, 0.1) is 20.3 Å². The molecule has 11 heteroatoms. The second-order valence-electron chi connectivity index (χ2n) is 7.82. The van der Waals surface area contributed by atoms with E-state index in [0.717, 1.165) is 6.07 Å². The topological polar surface area (TPSA) is 168 Å². The maximum Gasteiger partial charge on any atom is 0.229 e. The molecular formula is C23H24O11. The number of aliphatic hydroxyl groups is 3. The molecule has 4 rings (SSSR count). The van der Waals surface area contributed by atoms with E-state index in [9.17, 15) is 30.3 Å². The van der Waals surface area contributed by atoms with Crippen LogP contribution in [0.3, 0.4) is 0 Å². The van der Waals surface area contributed by atoms with Crippen LogP contribution in [0.25, 0.3) is 22.3 Å². The molecule has 0 aliphatic carbocycles. The first-order valence-corrected chi connectivity index (χ1v) is 10.3. The van der Waals surface area contributed by atoms with Gasteiger partial charge in [-0.2, -0.15) is 0 Å². The summed E-state index contributed by atoms with van der Waals surface area (Å²) >= 11 is 0. The van der Waals surface area contributed by atoms with Crippen LogP contribution in [-0.4, -0.2) is 70.5 Å². The third-order valence-corrected chi connectivity index (χ3v) is 5.61. The number of hydrogen-bond acceptors (Lipinski definition) is 11. The molecule has 34 heavy (non-hydrogen) atoms. The van der Waals surface area contributed by atoms with Crippen LogP contribution < -0.4 is 19.6 Å². The Kier molecular flexibility index (Phi) is 6.28. The SMILES string of the molecule is COc1cc(-c2cc(=O)c3c(O)cc(OC4O[C@H](C)[C@@H](O)[C@H](O)[C@H]4O)cc3o2)cc(OC)c1O. The number of aliphatic hydroxyl groups excluding tert-OH is 3. The van der Waals surface area contributed by atoms with Crippen LogP contribution >= 0.6 is 0 Å². The minimum Gasteiger partial charge on any atom is -0.507 e. The summed E-state index contributed by atoms with van der Waals surface area (Å²) in [4.78, 5) is 12.7. The Labute approximate surface area is 192 Å². The van der Waals surface area contributed by atoms with Crippen LogP contribution in [0, 0.1) is 0 Å². The summed E-state index contributed by atoms with van der Waals surface area (Å²) < 4.78 is 27.1. The zero-order valence-corrected chi connectivity index (χ0v) is 18.5. The molecular weight excluding hydrogens is 452 g/mol. The first-order chi connectivity index (χ1) is 16.1. The maximum absolute atomic E-state index is 12.7. The summed E-state index contributed by atoms with van der Waals surface area (Å²) in [7, 11) is 2.71. The fourth-order valence-corrected chi connectivity index (χ4v) is 3.73. The van der Waals surface area contributed by atoms with Crippen LogP contribution in [0.15, 0.2) is 39.5 Å². The van der Waals surface area contributed by atoms with E-state index >= 15 is 0 Å². The molecule has 0 amide bonds. The molecule has 1 aliphatic rings. The molecule has 2 aromatic carbocycles. The summed E-state index contributed by atoms with van der Waals surface area (Å²) in [6.45, 7) is 1.50. The molecule has 182 valence electrons. The van der Waals surface area contributed by atoms with Gasteiger partial charge in [0.25, 0.3) is 0 Å². The van der Waals surface area contributed by atoms with Gasteiger partial charge in [-0.15, -0.1) is 0 Å². The maximum atomic E-state index is 12.7. The summed E-state index contributed by atoms with van der Waals surface area (Å²) in [5.41, 5.74) is -0.233. The fraction of sp³-hybridized carbons (Fsp3) is 0.348. The molecule has 1 aromatic heterocycles. The molecule has 0 saturated carbocycles. The van der Waals surface area contributed by atoms with E-state index in [1.807, 2.05) is 0 Å². The minimum absolute atomic E-state index is 0.0222. The molecule has 1 aliphatic heterocycles. The number of fused-ring (bicyclic) bond motifs is 1. The van der Waals surface area contributed by atoms with E-state index < -0.39 is 41.9 Å². The Morgan fingerprint density at radius 3 is 2.15 bits per heavy atom. The lowest BCUT2D eigenvalue weighted by atomic mass is 10.00. The summed E-state index contributed by atoms with van der Waals surface area (Å²) in [5, 5.41) is 50.5. The van der Waals surface area contributed by atoms with E-state index in [2.05, 4.69) is 0 Å². The van der Waals surface area contributed by atoms with Gasteiger partial charge in [0, 0.05) is 23.8 Å². The van der Waals surface area contributed by atoms with Gasteiger partial charge in [0.2, 0.25) is 12.0 Å². The highest BCUT2D eigenvalue weighted by atomic mass is 16.7. The van der Waals surface area contributed by atoms with Gasteiger partial charge in [-0.3, -0.25) is 4.79 Å². The number of phenols is 2. The first-order valence-electron chi connectivity index (χ1n) is 10.3. The number of benzene rings is 2. The van der Waals surface area contributed by atoms with Crippen molar-refractivity contribution in [3.05, 3.63) is 40.6 Å². The van der Waals surface area contributed by atoms with Crippen LogP contribution in [0.2, 0.25) is 0 Å². The molecule has 0 radical (unpaired) electrons. The summed E-state index contributed by atoms with van der Waals surface area (Å²) in [6, 6.07) is 6.52. The van der Waals surface area contributed by atoms with Gasteiger partial charge in [-0.1, -0.05) is 0 Å². The van der Waals surface area contributed by atoms with Crippen molar-refractivity contribution in [1.29, 1.82) is 0 Å². The van der Waals surface area contributed by atoms with Crippen molar-refractivity contribution < 1.29 is 48.9 Å². The summed E-state index contributed by atoms with van der Waals surface area (Å²) in [6.07, 6.45) is -6.57. The molecule has 11 nitrogen and oxygen atoms in total. The number of hydrogen-bond donors (Lipinski definition) is 5. The Morgan fingerprint density at radius 2 is 1.53 bits per heavy atom. The number of rotatable bonds is 5. The Bertz CT molecular complexity index is 1240. The molecule has 1 fully saturated rings. The van der Waals surface area contributed by atoms with Gasteiger partial charge >= 0.3 is 0 Å². The normalized spacial score (nSPS) is 24.7. The predicted molar refractivity (Wildman–Crippen MR) is 117 cm³/mol. The lowest BCUT2D eigenvalue weighted by molar-refractivity contribution is -0.268.